The molecule has 0 aromatic heterocycles. The molecule has 0 aromatic carbocycles. The van der Waals surface area contributed by atoms with Gasteiger partial charge in [0.2, 0.25) is 0 Å². The predicted octanol–water partition coefficient (Wildman–Crippen LogP) is 2.98. The number of rotatable bonds is 2. The summed E-state index contributed by atoms with van der Waals surface area (Å²) in [4.78, 5) is 0. The molecule has 0 fully saturated rings. The molecule has 0 spiro atoms. The molecule has 0 rings (SSSR count). The summed E-state index contributed by atoms with van der Waals surface area (Å²) in [5.41, 5.74) is 1.73. The monoisotopic (exact) mass is 147 g/mol. The summed E-state index contributed by atoms with van der Waals surface area (Å²) in [6, 6.07) is 2.13. The maximum absolute atomic E-state index is 8.66. The Morgan fingerprint density at radius 2 is 1.73 bits per heavy atom. The van der Waals surface area contributed by atoms with Gasteiger partial charge in [0.1, 0.15) is 0 Å². The average molecular weight is 147 g/mol. The van der Waals surface area contributed by atoms with Crippen LogP contribution in [0.15, 0.2) is 35.5 Å². The van der Waals surface area contributed by atoms with Gasteiger partial charge in [0.25, 0.3) is 0 Å². The minimum atomic E-state index is 0.727. The van der Waals surface area contributed by atoms with Gasteiger partial charge in [-0.1, -0.05) is 18.2 Å². The Labute approximate surface area is 68.3 Å². The molecule has 0 atom stereocenters. The molecule has 0 aromatic rings. The van der Waals surface area contributed by atoms with Gasteiger partial charge in [-0.15, -0.1) is 0 Å². The lowest BCUT2D eigenvalue weighted by Gasteiger charge is -1.92. The molecule has 1 heteroatoms. The van der Waals surface area contributed by atoms with Crippen LogP contribution in [0.3, 0.4) is 0 Å². The van der Waals surface area contributed by atoms with Crippen molar-refractivity contribution in [1.29, 1.82) is 5.26 Å². The normalized spacial score (nSPS) is 13.6. The van der Waals surface area contributed by atoms with Crippen LogP contribution in [-0.2, 0) is 0 Å². The van der Waals surface area contributed by atoms with Crippen LogP contribution in [-0.4, -0.2) is 0 Å². The van der Waals surface area contributed by atoms with Crippen molar-refractivity contribution in [3.63, 3.8) is 0 Å². The van der Waals surface area contributed by atoms with Crippen LogP contribution in [0, 0.1) is 11.3 Å². The molecule has 0 radical (unpaired) electrons. The molecule has 0 aliphatic heterocycles. The zero-order valence-corrected chi connectivity index (χ0v) is 7.26. The molecule has 11 heavy (non-hydrogen) atoms. The highest BCUT2D eigenvalue weighted by atomic mass is 14.2. The van der Waals surface area contributed by atoms with Gasteiger partial charge < -0.3 is 0 Å². The topological polar surface area (TPSA) is 23.8 Å². The van der Waals surface area contributed by atoms with Gasteiger partial charge in [0.15, 0.2) is 0 Å². The van der Waals surface area contributed by atoms with E-state index in [1.807, 2.05) is 45.1 Å². The van der Waals surface area contributed by atoms with E-state index in [1.54, 1.807) is 0 Å². The molecular weight excluding hydrogens is 134 g/mol. The fourth-order valence-electron chi connectivity index (χ4n) is 0.763. The van der Waals surface area contributed by atoms with Crippen molar-refractivity contribution in [3.05, 3.63) is 35.5 Å². The summed E-state index contributed by atoms with van der Waals surface area (Å²) in [6.45, 7) is 5.77. The first kappa shape index (κ1) is 9.71. The van der Waals surface area contributed by atoms with Crippen LogP contribution in [0.25, 0.3) is 0 Å². The van der Waals surface area contributed by atoms with Crippen molar-refractivity contribution >= 4 is 0 Å². The zero-order chi connectivity index (χ0) is 8.69. The standard InChI is InChI=1S/C10H13N/c1-4-6-9(3)10(8-11)7-5-2/h4-7H,1-3H3/b6-4+,7-5-,10-9+. The number of nitriles is 1. The Hall–Kier alpha value is -1.29. The van der Waals surface area contributed by atoms with Crippen molar-refractivity contribution in [2.24, 2.45) is 0 Å². The maximum Gasteiger partial charge on any atom is 0.0994 e. The Morgan fingerprint density at radius 3 is 2.09 bits per heavy atom. The molecule has 0 saturated heterocycles. The summed E-state index contributed by atoms with van der Waals surface area (Å²) in [7, 11) is 0. The van der Waals surface area contributed by atoms with Gasteiger partial charge >= 0.3 is 0 Å². The summed E-state index contributed by atoms with van der Waals surface area (Å²) >= 11 is 0. The van der Waals surface area contributed by atoms with Crippen LogP contribution < -0.4 is 0 Å². The van der Waals surface area contributed by atoms with Gasteiger partial charge in [-0.2, -0.15) is 5.26 Å². The minimum Gasteiger partial charge on any atom is -0.192 e. The molecule has 0 aliphatic carbocycles. The highest BCUT2D eigenvalue weighted by molar-refractivity contribution is 5.41. The highest BCUT2D eigenvalue weighted by Gasteiger charge is 1.91. The van der Waals surface area contributed by atoms with E-state index in [0.717, 1.165) is 11.1 Å². The lowest BCUT2D eigenvalue weighted by Crippen LogP contribution is -1.77. The van der Waals surface area contributed by atoms with Crippen LogP contribution >= 0.6 is 0 Å². The largest absolute Gasteiger partial charge is 0.192 e. The van der Waals surface area contributed by atoms with Crippen molar-refractivity contribution < 1.29 is 0 Å². The quantitative estimate of drug-likeness (QED) is 0.435. The van der Waals surface area contributed by atoms with Gasteiger partial charge in [-0.25, -0.2) is 0 Å². The van der Waals surface area contributed by atoms with Crippen molar-refractivity contribution in [2.45, 2.75) is 20.8 Å². The van der Waals surface area contributed by atoms with E-state index in [-0.39, 0.29) is 0 Å². The molecule has 0 heterocycles. The summed E-state index contributed by atoms with van der Waals surface area (Å²) < 4.78 is 0. The molecule has 0 aliphatic rings. The van der Waals surface area contributed by atoms with E-state index in [4.69, 9.17) is 5.26 Å². The number of allylic oxidation sites excluding steroid dienone is 6. The van der Waals surface area contributed by atoms with E-state index < -0.39 is 0 Å². The van der Waals surface area contributed by atoms with E-state index in [0.29, 0.717) is 0 Å². The third-order valence-electron chi connectivity index (χ3n) is 1.30. The second-order valence-electron chi connectivity index (χ2n) is 2.21. The third-order valence-corrected chi connectivity index (χ3v) is 1.30. The van der Waals surface area contributed by atoms with Crippen molar-refractivity contribution in [2.75, 3.05) is 0 Å². The van der Waals surface area contributed by atoms with Crippen LogP contribution in [0.2, 0.25) is 0 Å². The molecule has 0 bridgehead atoms. The Balaban J connectivity index is 4.71. The SMILES string of the molecule is C\C=C/C(C#N)=C(C)\C=C\C. The van der Waals surface area contributed by atoms with Crippen LogP contribution in [0.4, 0.5) is 0 Å². The fraction of sp³-hybridized carbons (Fsp3) is 0.300. The maximum atomic E-state index is 8.66. The molecule has 0 saturated carbocycles. The Morgan fingerprint density at radius 1 is 1.18 bits per heavy atom. The number of hydrogen-bond donors (Lipinski definition) is 0. The minimum absolute atomic E-state index is 0.727. The van der Waals surface area contributed by atoms with Gasteiger partial charge in [0, 0.05) is 0 Å². The lowest BCUT2D eigenvalue weighted by atomic mass is 10.1. The summed E-state index contributed by atoms with van der Waals surface area (Å²) in [5.74, 6) is 0. The highest BCUT2D eigenvalue weighted by Crippen LogP contribution is 2.05. The first-order valence-electron chi connectivity index (χ1n) is 3.62. The fourth-order valence-corrected chi connectivity index (χ4v) is 0.763. The van der Waals surface area contributed by atoms with E-state index in [9.17, 15) is 0 Å². The average Bonchev–Trinajstić information content (AvgIpc) is 2.00. The summed E-state index contributed by atoms with van der Waals surface area (Å²) in [6.07, 6.45) is 7.54. The molecule has 0 unspecified atom stereocenters. The molecule has 58 valence electrons. The van der Waals surface area contributed by atoms with Gasteiger partial charge in [-0.3, -0.25) is 0 Å². The smallest absolute Gasteiger partial charge is 0.0994 e. The summed E-state index contributed by atoms with van der Waals surface area (Å²) in [5, 5.41) is 8.66. The predicted molar refractivity (Wildman–Crippen MR) is 47.9 cm³/mol. The lowest BCUT2D eigenvalue weighted by molar-refractivity contribution is 1.41. The molecule has 0 N–H and O–H groups in total. The Kier molecular flexibility index (Phi) is 4.85. The van der Waals surface area contributed by atoms with E-state index in [1.165, 1.54) is 0 Å². The Bertz CT molecular complexity index is 236. The van der Waals surface area contributed by atoms with Crippen molar-refractivity contribution in [1.82, 2.24) is 0 Å². The molecule has 0 amide bonds. The second-order valence-corrected chi connectivity index (χ2v) is 2.21. The number of nitrogens with zero attached hydrogens (tertiary/aromatic N) is 1. The van der Waals surface area contributed by atoms with E-state index in [2.05, 4.69) is 6.07 Å². The molecular formula is C10H13N. The third kappa shape index (κ3) is 3.42. The van der Waals surface area contributed by atoms with Crippen LogP contribution in [0.1, 0.15) is 20.8 Å². The second kappa shape index (κ2) is 5.49. The first-order chi connectivity index (χ1) is 5.26. The number of hydrogen-bond acceptors (Lipinski definition) is 1. The van der Waals surface area contributed by atoms with E-state index >= 15 is 0 Å². The first-order valence-corrected chi connectivity index (χ1v) is 3.62. The zero-order valence-electron chi connectivity index (χ0n) is 7.26. The van der Waals surface area contributed by atoms with Crippen LogP contribution in [0.5, 0.6) is 0 Å². The van der Waals surface area contributed by atoms with Crippen molar-refractivity contribution in [3.8, 4) is 6.07 Å². The van der Waals surface area contributed by atoms with Gasteiger partial charge in [0.05, 0.1) is 11.6 Å². The molecule has 1 nitrogen and oxygen atoms in total. The van der Waals surface area contributed by atoms with Gasteiger partial charge in [-0.05, 0) is 32.4 Å².